The van der Waals surface area contributed by atoms with Crippen LogP contribution >= 0.6 is 11.6 Å². The minimum absolute atomic E-state index is 0.0813. The van der Waals surface area contributed by atoms with Gasteiger partial charge in [0.1, 0.15) is 11.8 Å². The van der Waals surface area contributed by atoms with Gasteiger partial charge in [-0.25, -0.2) is 0 Å². The van der Waals surface area contributed by atoms with E-state index in [1.165, 1.54) is 0 Å². The van der Waals surface area contributed by atoms with Gasteiger partial charge in [0.05, 0.1) is 6.61 Å². The van der Waals surface area contributed by atoms with Crippen LogP contribution in [-0.4, -0.2) is 35.9 Å². The van der Waals surface area contributed by atoms with E-state index in [9.17, 15) is 9.59 Å². The number of carbonyl (C=O) groups excluding carboxylic acids is 2. The molecule has 3 rings (SSSR count). The minimum atomic E-state index is -0.635. The Balaban J connectivity index is 1.78. The zero-order valence-corrected chi connectivity index (χ0v) is 21.8. The maximum atomic E-state index is 13.6. The first-order valence-corrected chi connectivity index (χ1v) is 12.8. The number of amides is 2. The molecule has 2 amide bonds. The van der Waals surface area contributed by atoms with Gasteiger partial charge in [-0.05, 0) is 47.7 Å². The van der Waals surface area contributed by atoms with E-state index in [0.29, 0.717) is 43.5 Å². The third kappa shape index (κ3) is 9.04. The van der Waals surface area contributed by atoms with Crippen LogP contribution in [0, 0.1) is 5.92 Å². The van der Waals surface area contributed by atoms with Crippen LogP contribution in [0.25, 0.3) is 0 Å². The molecule has 3 aromatic carbocycles. The number of ether oxygens (including phenoxy) is 1. The smallest absolute Gasteiger partial charge is 0.243 e. The second-order valence-electron chi connectivity index (χ2n) is 9.26. The number of para-hydroxylation sites is 1. The van der Waals surface area contributed by atoms with E-state index in [-0.39, 0.29) is 18.2 Å². The van der Waals surface area contributed by atoms with Crippen LogP contribution in [-0.2, 0) is 22.6 Å². The summed E-state index contributed by atoms with van der Waals surface area (Å²) in [4.78, 5) is 28.7. The highest BCUT2D eigenvalue weighted by Gasteiger charge is 2.30. The van der Waals surface area contributed by atoms with E-state index in [0.717, 1.165) is 16.9 Å². The van der Waals surface area contributed by atoms with Crippen LogP contribution < -0.4 is 10.1 Å². The average Bonchev–Trinajstić information content (AvgIpc) is 2.89. The molecule has 0 aliphatic rings. The molecule has 0 fully saturated rings. The standard InChI is InChI=1S/C30H35ClN2O3/c1-23(2)21-32-30(35)28(20-24-10-5-3-6-11-24)33(22-25-15-17-26(31)18-16-25)29(34)14-9-19-36-27-12-7-4-8-13-27/h3-8,10-13,15-18,23,28H,9,14,19-22H2,1-2H3,(H,32,35). The number of hydrogen-bond acceptors (Lipinski definition) is 3. The molecule has 0 bridgehead atoms. The zero-order valence-electron chi connectivity index (χ0n) is 21.0. The maximum absolute atomic E-state index is 13.6. The number of carbonyl (C=O) groups is 2. The van der Waals surface area contributed by atoms with Gasteiger partial charge < -0.3 is 15.0 Å². The third-order valence-corrected chi connectivity index (χ3v) is 6.02. The molecule has 0 saturated heterocycles. The highest BCUT2D eigenvalue weighted by atomic mass is 35.5. The summed E-state index contributed by atoms with van der Waals surface area (Å²) < 4.78 is 5.77. The van der Waals surface area contributed by atoms with Crippen molar-refractivity contribution in [1.29, 1.82) is 0 Å². The van der Waals surface area contributed by atoms with Crippen LogP contribution in [0.1, 0.15) is 37.8 Å². The summed E-state index contributed by atoms with van der Waals surface area (Å²) in [6, 6.07) is 26.1. The number of benzene rings is 3. The monoisotopic (exact) mass is 506 g/mol. The fraction of sp³-hybridized carbons (Fsp3) is 0.333. The molecule has 0 saturated carbocycles. The molecule has 1 unspecified atom stereocenters. The molecule has 3 aromatic rings. The molecule has 0 radical (unpaired) electrons. The summed E-state index contributed by atoms with van der Waals surface area (Å²) in [6.45, 7) is 5.40. The Bertz CT molecular complexity index is 1070. The van der Waals surface area contributed by atoms with Crippen LogP contribution in [0.5, 0.6) is 5.75 Å². The summed E-state index contributed by atoms with van der Waals surface area (Å²) in [6.07, 6.45) is 1.27. The Morgan fingerprint density at radius 3 is 2.17 bits per heavy atom. The number of halogens is 1. The molecule has 1 N–H and O–H groups in total. The highest BCUT2D eigenvalue weighted by Crippen LogP contribution is 2.18. The van der Waals surface area contributed by atoms with Gasteiger partial charge >= 0.3 is 0 Å². The first-order valence-electron chi connectivity index (χ1n) is 12.5. The first-order chi connectivity index (χ1) is 17.4. The number of rotatable bonds is 13. The lowest BCUT2D eigenvalue weighted by Gasteiger charge is -2.32. The SMILES string of the molecule is CC(C)CNC(=O)C(Cc1ccccc1)N(Cc1ccc(Cl)cc1)C(=O)CCCOc1ccccc1. The van der Waals surface area contributed by atoms with Crippen LogP contribution in [0.15, 0.2) is 84.9 Å². The Kier molecular flexibility index (Phi) is 10.8. The second-order valence-corrected chi connectivity index (χ2v) is 9.69. The molecule has 0 aliphatic carbocycles. The normalized spacial score (nSPS) is 11.7. The predicted molar refractivity (Wildman–Crippen MR) is 145 cm³/mol. The Hall–Kier alpha value is -3.31. The van der Waals surface area contributed by atoms with Gasteiger partial charge in [0.25, 0.3) is 0 Å². The fourth-order valence-electron chi connectivity index (χ4n) is 3.84. The van der Waals surface area contributed by atoms with Crippen molar-refractivity contribution >= 4 is 23.4 Å². The van der Waals surface area contributed by atoms with Crippen molar-refractivity contribution in [3.63, 3.8) is 0 Å². The van der Waals surface area contributed by atoms with E-state index in [4.69, 9.17) is 16.3 Å². The lowest BCUT2D eigenvalue weighted by Crippen LogP contribution is -2.51. The molecule has 0 heterocycles. The van der Waals surface area contributed by atoms with Crippen LogP contribution in [0.4, 0.5) is 0 Å². The fourth-order valence-corrected chi connectivity index (χ4v) is 3.96. The topological polar surface area (TPSA) is 58.6 Å². The van der Waals surface area contributed by atoms with Crippen LogP contribution in [0.3, 0.4) is 0 Å². The third-order valence-electron chi connectivity index (χ3n) is 5.77. The van der Waals surface area contributed by atoms with E-state index in [1.54, 1.807) is 17.0 Å². The summed E-state index contributed by atoms with van der Waals surface area (Å²) >= 11 is 6.08. The molecular formula is C30H35ClN2O3. The van der Waals surface area contributed by atoms with E-state index < -0.39 is 6.04 Å². The van der Waals surface area contributed by atoms with Crippen molar-refractivity contribution < 1.29 is 14.3 Å². The molecule has 36 heavy (non-hydrogen) atoms. The minimum Gasteiger partial charge on any atom is -0.494 e. The molecular weight excluding hydrogens is 472 g/mol. The second kappa shape index (κ2) is 14.3. The van der Waals surface area contributed by atoms with Gasteiger partial charge in [-0.15, -0.1) is 0 Å². The lowest BCUT2D eigenvalue weighted by molar-refractivity contribution is -0.141. The van der Waals surface area contributed by atoms with Crippen molar-refractivity contribution in [3.05, 3.63) is 101 Å². The van der Waals surface area contributed by atoms with Gasteiger partial charge in [0.2, 0.25) is 11.8 Å². The lowest BCUT2D eigenvalue weighted by atomic mass is 10.0. The Morgan fingerprint density at radius 2 is 1.53 bits per heavy atom. The Morgan fingerprint density at radius 1 is 0.889 bits per heavy atom. The summed E-state index contributed by atoms with van der Waals surface area (Å²) in [5.74, 6) is 0.859. The quantitative estimate of drug-likeness (QED) is 0.293. The molecule has 6 heteroatoms. The highest BCUT2D eigenvalue weighted by molar-refractivity contribution is 6.30. The van der Waals surface area contributed by atoms with Gasteiger partial charge in [0.15, 0.2) is 0 Å². The number of nitrogens with one attached hydrogen (secondary N) is 1. The van der Waals surface area contributed by atoms with E-state index >= 15 is 0 Å². The summed E-state index contributed by atoms with van der Waals surface area (Å²) in [5, 5.41) is 3.67. The predicted octanol–water partition coefficient (Wildman–Crippen LogP) is 5.91. The Labute approximate surface area is 219 Å². The first kappa shape index (κ1) is 27.3. The average molecular weight is 507 g/mol. The summed E-state index contributed by atoms with van der Waals surface area (Å²) in [5.41, 5.74) is 1.92. The van der Waals surface area contributed by atoms with Gasteiger partial charge in [-0.3, -0.25) is 9.59 Å². The molecule has 0 aliphatic heterocycles. The van der Waals surface area contributed by atoms with Gasteiger partial charge in [0, 0.05) is 31.0 Å². The van der Waals surface area contributed by atoms with Crippen molar-refractivity contribution in [1.82, 2.24) is 10.2 Å². The van der Waals surface area contributed by atoms with Gasteiger partial charge in [-0.1, -0.05) is 86.1 Å². The number of nitrogens with zero attached hydrogens (tertiary/aromatic N) is 1. The zero-order chi connectivity index (χ0) is 25.8. The molecule has 5 nitrogen and oxygen atoms in total. The van der Waals surface area contributed by atoms with Gasteiger partial charge in [-0.2, -0.15) is 0 Å². The van der Waals surface area contributed by atoms with Crippen molar-refractivity contribution in [2.45, 2.75) is 45.7 Å². The van der Waals surface area contributed by atoms with Crippen LogP contribution in [0.2, 0.25) is 5.02 Å². The largest absolute Gasteiger partial charge is 0.494 e. The van der Waals surface area contributed by atoms with E-state index in [2.05, 4.69) is 19.2 Å². The van der Waals surface area contributed by atoms with Crippen molar-refractivity contribution in [3.8, 4) is 5.75 Å². The van der Waals surface area contributed by atoms with Crippen molar-refractivity contribution in [2.24, 2.45) is 5.92 Å². The maximum Gasteiger partial charge on any atom is 0.243 e. The van der Waals surface area contributed by atoms with Crippen molar-refractivity contribution in [2.75, 3.05) is 13.2 Å². The molecule has 0 spiro atoms. The number of hydrogen-bond donors (Lipinski definition) is 1. The molecule has 1 atom stereocenters. The molecule has 190 valence electrons. The van der Waals surface area contributed by atoms with E-state index in [1.807, 2.05) is 72.8 Å². The molecule has 0 aromatic heterocycles. The summed E-state index contributed by atoms with van der Waals surface area (Å²) in [7, 11) is 0.